The molecule has 49 heavy (non-hydrogen) atoms. The Balaban J connectivity index is 1.12. The Kier molecular flexibility index (Phi) is 9.52. The molecule has 5 N–H and O–H groups in total. The van der Waals surface area contributed by atoms with E-state index >= 15 is 0 Å². The maximum Gasteiger partial charge on any atom is 0.412 e. The molecule has 256 valence electrons. The van der Waals surface area contributed by atoms with Crippen LogP contribution >= 0.6 is 0 Å². The molecule has 0 bridgehead atoms. The van der Waals surface area contributed by atoms with Gasteiger partial charge in [0.15, 0.2) is 11.9 Å². The van der Waals surface area contributed by atoms with Gasteiger partial charge >= 0.3 is 18.0 Å². The minimum Gasteiger partial charge on any atom is -0.479 e. The Morgan fingerprint density at radius 3 is 2.10 bits per heavy atom. The summed E-state index contributed by atoms with van der Waals surface area (Å²) < 4.78 is 21.7. The predicted octanol–water partition coefficient (Wildman–Crippen LogP) is 4.48. The molecule has 3 aromatic carbocycles. The number of esters is 1. The molecule has 2 heterocycles. The van der Waals surface area contributed by atoms with Crippen LogP contribution in [0.2, 0.25) is 0 Å². The molecule has 1 amide bonds. The molecule has 2 fully saturated rings. The zero-order chi connectivity index (χ0) is 34.9. The summed E-state index contributed by atoms with van der Waals surface area (Å²) in [6.07, 6.45) is -8.74. The van der Waals surface area contributed by atoms with Gasteiger partial charge in [-0.3, -0.25) is 10.1 Å². The maximum atomic E-state index is 13.2. The van der Waals surface area contributed by atoms with Crippen molar-refractivity contribution in [2.24, 2.45) is 0 Å². The average molecular weight is 673 g/mol. The summed E-state index contributed by atoms with van der Waals surface area (Å²) in [5, 5.41) is 46.3. The summed E-state index contributed by atoms with van der Waals surface area (Å²) in [7, 11) is 0. The molecule has 1 aromatic heterocycles. The highest BCUT2D eigenvalue weighted by Gasteiger charge is 2.56. The lowest BCUT2D eigenvalue weighted by molar-refractivity contribution is -0.287. The van der Waals surface area contributed by atoms with Crippen LogP contribution in [0.15, 0.2) is 83.4 Å². The molecule has 4 aromatic rings. The van der Waals surface area contributed by atoms with E-state index in [0.717, 1.165) is 16.7 Å². The van der Waals surface area contributed by atoms with E-state index in [1.807, 2.05) is 73.7 Å². The number of nitrogens with zero attached hydrogens (tertiary/aromatic N) is 1. The number of anilines is 1. The smallest absolute Gasteiger partial charge is 0.412 e. The van der Waals surface area contributed by atoms with Crippen molar-refractivity contribution in [1.29, 1.82) is 0 Å². The summed E-state index contributed by atoms with van der Waals surface area (Å²) in [5.41, 5.74) is 3.84. The van der Waals surface area contributed by atoms with E-state index in [-0.39, 0.29) is 0 Å². The largest absolute Gasteiger partial charge is 0.479 e. The molecule has 0 radical (unpaired) electrons. The maximum absolute atomic E-state index is 13.2. The van der Waals surface area contributed by atoms with Gasteiger partial charge < -0.3 is 39.2 Å². The van der Waals surface area contributed by atoms with Gasteiger partial charge in [-0.15, -0.1) is 0 Å². The van der Waals surface area contributed by atoms with Crippen LogP contribution in [-0.4, -0.2) is 74.3 Å². The Morgan fingerprint density at radius 2 is 1.51 bits per heavy atom. The highest BCUT2D eigenvalue weighted by atomic mass is 16.7. The number of aliphatic hydroxyl groups is 3. The number of carboxylic acid groups (broad SMARTS) is 1. The number of carbonyl (C=O) groups is 3. The fraction of sp³-hybridized carbons (Fsp3) is 0.333. The fourth-order valence-corrected chi connectivity index (χ4v) is 5.93. The second kappa shape index (κ2) is 13.8. The van der Waals surface area contributed by atoms with Crippen LogP contribution in [0.3, 0.4) is 0 Å². The SMILES string of the molecule is CC[C@@H](OC(=O)Nc1c(C)noc1-c1ccc(-c2ccc(C3(C(=O)OC4OC(C(=O)O)C(O)C(O)C4O)CC3)cc2)cc1)c1ccccc1. The van der Waals surface area contributed by atoms with Crippen molar-refractivity contribution in [3.05, 3.63) is 95.7 Å². The van der Waals surface area contributed by atoms with E-state index in [0.29, 0.717) is 47.5 Å². The van der Waals surface area contributed by atoms with Crippen molar-refractivity contribution >= 4 is 23.7 Å². The Hall–Kier alpha value is -5.08. The normalized spacial score (nSPS) is 23.2. The monoisotopic (exact) mass is 672 g/mol. The lowest BCUT2D eigenvalue weighted by Gasteiger charge is -2.38. The van der Waals surface area contributed by atoms with Gasteiger partial charge in [-0.05, 0) is 48.4 Å². The third-order valence-corrected chi connectivity index (χ3v) is 8.98. The van der Waals surface area contributed by atoms with Gasteiger partial charge in [0.2, 0.25) is 6.29 Å². The highest BCUT2D eigenvalue weighted by molar-refractivity contribution is 5.91. The summed E-state index contributed by atoms with van der Waals surface area (Å²) >= 11 is 0. The van der Waals surface area contributed by atoms with Crippen LogP contribution in [-0.2, 0) is 29.2 Å². The van der Waals surface area contributed by atoms with Crippen LogP contribution in [0.25, 0.3) is 22.5 Å². The standard InChI is InChI=1S/C36H36N2O11/c1-3-25(22-7-5-4-6-8-22)46-35(45)37-26-19(2)38-49-30(26)23-11-9-20(10-12-23)21-13-15-24(16-14-21)36(17-18-36)34(44)48-33-29(41)27(39)28(40)31(47-33)32(42)43/h4-16,25,27-29,31,33,39-41H,3,17-18H2,1-2H3,(H,37,45)(H,42,43)/t25-,27?,28?,29?,31?,33?/m1/s1. The van der Waals surface area contributed by atoms with Crippen molar-refractivity contribution in [3.63, 3.8) is 0 Å². The molecule has 6 atom stereocenters. The summed E-state index contributed by atoms with van der Waals surface area (Å²) in [4.78, 5) is 37.5. The number of aliphatic hydroxyl groups excluding tert-OH is 3. The zero-order valence-corrected chi connectivity index (χ0v) is 26.7. The molecular weight excluding hydrogens is 636 g/mol. The van der Waals surface area contributed by atoms with Gasteiger partial charge in [-0.1, -0.05) is 90.9 Å². The first kappa shape index (κ1) is 33.8. The molecule has 1 saturated heterocycles. The van der Waals surface area contributed by atoms with Crippen LogP contribution in [0, 0.1) is 6.92 Å². The van der Waals surface area contributed by atoms with E-state index in [1.54, 1.807) is 19.1 Å². The molecule has 1 saturated carbocycles. The van der Waals surface area contributed by atoms with Gasteiger partial charge in [0.05, 0.1) is 5.41 Å². The van der Waals surface area contributed by atoms with Crippen LogP contribution in [0.4, 0.5) is 10.5 Å². The molecule has 13 nitrogen and oxygen atoms in total. The number of hydrogen-bond donors (Lipinski definition) is 5. The van der Waals surface area contributed by atoms with Crippen molar-refractivity contribution < 1.29 is 53.5 Å². The van der Waals surface area contributed by atoms with Gasteiger partial charge in [0.25, 0.3) is 0 Å². The van der Waals surface area contributed by atoms with E-state index < -0.39 is 60.3 Å². The first-order chi connectivity index (χ1) is 23.5. The Morgan fingerprint density at radius 1 is 0.898 bits per heavy atom. The van der Waals surface area contributed by atoms with E-state index in [4.69, 9.17) is 18.7 Å². The number of ether oxygens (including phenoxy) is 3. The van der Waals surface area contributed by atoms with Crippen LogP contribution in [0.1, 0.15) is 49.1 Å². The number of aromatic nitrogens is 1. The number of carboxylic acids is 1. The third kappa shape index (κ3) is 6.78. The molecule has 6 rings (SSSR count). The first-order valence-electron chi connectivity index (χ1n) is 15.9. The van der Waals surface area contributed by atoms with Gasteiger partial charge in [0, 0.05) is 5.56 Å². The molecule has 0 spiro atoms. The topological polar surface area (TPSA) is 198 Å². The number of benzene rings is 3. The van der Waals surface area contributed by atoms with Crippen molar-refractivity contribution in [1.82, 2.24) is 5.16 Å². The van der Waals surface area contributed by atoms with Crippen LogP contribution in [0.5, 0.6) is 0 Å². The third-order valence-electron chi connectivity index (χ3n) is 8.98. The van der Waals surface area contributed by atoms with E-state index in [1.165, 1.54) is 0 Å². The van der Waals surface area contributed by atoms with Crippen LogP contribution < -0.4 is 5.32 Å². The molecule has 13 heteroatoms. The van der Waals surface area contributed by atoms with Gasteiger partial charge in [-0.25, -0.2) is 9.59 Å². The summed E-state index contributed by atoms with van der Waals surface area (Å²) in [5.74, 6) is -1.92. The molecular formula is C36H36N2O11. The second-order valence-electron chi connectivity index (χ2n) is 12.2. The quantitative estimate of drug-likeness (QED) is 0.148. The Labute approximate surface area is 281 Å². The Bertz CT molecular complexity index is 1800. The average Bonchev–Trinajstić information content (AvgIpc) is 3.86. The predicted molar refractivity (Wildman–Crippen MR) is 173 cm³/mol. The number of hydrogen-bond acceptors (Lipinski definition) is 11. The molecule has 5 unspecified atom stereocenters. The zero-order valence-electron chi connectivity index (χ0n) is 26.7. The van der Waals surface area contributed by atoms with Crippen molar-refractivity contribution in [3.8, 4) is 22.5 Å². The number of amides is 1. The number of carbonyl (C=O) groups excluding carboxylic acids is 2. The molecule has 1 aliphatic carbocycles. The van der Waals surface area contributed by atoms with Gasteiger partial charge in [0.1, 0.15) is 35.8 Å². The summed E-state index contributed by atoms with van der Waals surface area (Å²) in [6, 6.07) is 24.2. The minimum absolute atomic E-state index is 0.377. The number of aliphatic carboxylic acids is 1. The summed E-state index contributed by atoms with van der Waals surface area (Å²) in [6.45, 7) is 3.66. The lowest BCUT2D eigenvalue weighted by Crippen LogP contribution is -2.60. The number of nitrogens with one attached hydrogen (secondary N) is 1. The van der Waals surface area contributed by atoms with E-state index in [9.17, 15) is 34.8 Å². The van der Waals surface area contributed by atoms with Crippen molar-refractivity contribution in [2.75, 3.05) is 5.32 Å². The minimum atomic E-state index is -1.89. The van der Waals surface area contributed by atoms with Gasteiger partial charge in [-0.2, -0.15) is 0 Å². The van der Waals surface area contributed by atoms with E-state index in [2.05, 4.69) is 10.5 Å². The fourth-order valence-electron chi connectivity index (χ4n) is 5.93. The molecule has 1 aliphatic heterocycles. The molecule has 2 aliphatic rings. The number of rotatable bonds is 10. The lowest BCUT2D eigenvalue weighted by atomic mass is 9.93. The first-order valence-corrected chi connectivity index (χ1v) is 15.9. The number of aryl methyl sites for hydroxylation is 1. The highest BCUT2D eigenvalue weighted by Crippen LogP contribution is 2.50. The second-order valence-corrected chi connectivity index (χ2v) is 12.2. The van der Waals surface area contributed by atoms with Crippen molar-refractivity contribution in [2.45, 2.75) is 75.3 Å².